The smallest absolute Gasteiger partial charge is 0.348 e. The Morgan fingerprint density at radius 1 is 1.67 bits per heavy atom. The second kappa shape index (κ2) is 7.04. The molecule has 0 bridgehead atoms. The van der Waals surface area contributed by atoms with E-state index in [1.807, 2.05) is 0 Å². The lowest BCUT2D eigenvalue weighted by molar-refractivity contribution is -0.384. The van der Waals surface area contributed by atoms with Crippen LogP contribution in [-0.2, 0) is 4.74 Å². The van der Waals surface area contributed by atoms with E-state index in [9.17, 15) is 15.2 Å². The summed E-state index contributed by atoms with van der Waals surface area (Å²) in [7, 11) is 1.48. The highest BCUT2D eigenvalue weighted by atomic mass is 35.5. The molecule has 9 heteroatoms. The first-order valence-corrected chi connectivity index (χ1v) is 5.49. The van der Waals surface area contributed by atoms with E-state index in [0.717, 1.165) is 6.33 Å². The summed E-state index contributed by atoms with van der Waals surface area (Å²) in [6.45, 7) is 0.507. The van der Waals surface area contributed by atoms with E-state index in [1.54, 1.807) is 0 Å². The summed E-state index contributed by atoms with van der Waals surface area (Å²) in [6, 6.07) is 0. The quantitative estimate of drug-likeness (QED) is 0.431. The molecular weight excluding hydrogens is 264 g/mol. The van der Waals surface area contributed by atoms with Crippen molar-refractivity contribution in [2.75, 3.05) is 25.6 Å². The van der Waals surface area contributed by atoms with Gasteiger partial charge in [0.1, 0.15) is 6.33 Å². The number of nitro groups is 1. The Morgan fingerprint density at radius 3 is 3.00 bits per heavy atom. The van der Waals surface area contributed by atoms with Gasteiger partial charge in [0.05, 0.1) is 17.6 Å². The lowest BCUT2D eigenvalue weighted by Crippen LogP contribution is -2.19. The fourth-order valence-electron chi connectivity index (χ4n) is 1.28. The molecule has 0 aromatic carbocycles. The van der Waals surface area contributed by atoms with Crippen LogP contribution in [0.5, 0.6) is 0 Å². The minimum atomic E-state index is -0.656. The lowest BCUT2D eigenvalue weighted by Gasteiger charge is -2.10. The van der Waals surface area contributed by atoms with Gasteiger partial charge in [0.25, 0.3) is 0 Å². The second-order valence-corrected chi connectivity index (χ2v) is 3.80. The maximum Gasteiger partial charge on any atom is 0.348 e. The predicted molar refractivity (Wildman–Crippen MR) is 64.7 cm³/mol. The Morgan fingerprint density at radius 2 is 2.39 bits per heavy atom. The number of nitrogens with one attached hydrogen (secondary N) is 1. The van der Waals surface area contributed by atoms with Crippen LogP contribution in [0.3, 0.4) is 0 Å². The molecular formula is C9H13ClN4O4. The highest BCUT2D eigenvalue weighted by Crippen LogP contribution is 2.28. The number of hydrogen-bond acceptors (Lipinski definition) is 7. The Bertz CT molecular complexity index is 418. The first-order valence-electron chi connectivity index (χ1n) is 5.12. The Hall–Kier alpha value is -1.51. The second-order valence-electron chi connectivity index (χ2n) is 3.44. The number of aromatic nitrogens is 2. The van der Waals surface area contributed by atoms with Crippen LogP contribution in [-0.4, -0.2) is 46.4 Å². The van der Waals surface area contributed by atoms with E-state index in [1.165, 1.54) is 7.11 Å². The van der Waals surface area contributed by atoms with Crippen molar-refractivity contribution < 1.29 is 14.8 Å². The van der Waals surface area contributed by atoms with Crippen molar-refractivity contribution in [1.82, 2.24) is 9.97 Å². The van der Waals surface area contributed by atoms with E-state index in [4.69, 9.17) is 16.3 Å². The monoisotopic (exact) mass is 276 g/mol. The number of aliphatic hydroxyl groups excluding tert-OH is 1. The molecule has 1 aromatic rings. The standard InChI is InChI=1S/C9H13ClN4O4/c1-18-4-6(15)2-3-11-9-7(14(16)17)8(10)12-5-13-9/h5-6,15H,2-4H2,1H3,(H,11,12,13). The molecule has 0 fully saturated rings. The van der Waals surface area contributed by atoms with E-state index in [-0.39, 0.29) is 23.3 Å². The van der Waals surface area contributed by atoms with Gasteiger partial charge in [-0.15, -0.1) is 0 Å². The molecule has 1 aromatic heterocycles. The third-order valence-electron chi connectivity index (χ3n) is 2.09. The fourth-order valence-corrected chi connectivity index (χ4v) is 1.48. The minimum Gasteiger partial charge on any atom is -0.391 e. The molecule has 1 unspecified atom stereocenters. The SMILES string of the molecule is COCC(O)CCNc1ncnc(Cl)c1[N+](=O)[O-]. The van der Waals surface area contributed by atoms with E-state index in [2.05, 4.69) is 15.3 Å². The lowest BCUT2D eigenvalue weighted by atomic mass is 10.2. The van der Waals surface area contributed by atoms with Crippen LogP contribution in [0.2, 0.25) is 5.15 Å². The summed E-state index contributed by atoms with van der Waals surface area (Å²) in [4.78, 5) is 17.4. The molecule has 18 heavy (non-hydrogen) atoms. The molecule has 0 saturated heterocycles. The third kappa shape index (κ3) is 4.06. The molecule has 1 atom stereocenters. The van der Waals surface area contributed by atoms with E-state index >= 15 is 0 Å². The van der Waals surface area contributed by atoms with Gasteiger partial charge in [-0.05, 0) is 6.42 Å². The van der Waals surface area contributed by atoms with Gasteiger partial charge in [-0.2, -0.15) is 0 Å². The van der Waals surface area contributed by atoms with Crippen molar-refractivity contribution in [3.63, 3.8) is 0 Å². The van der Waals surface area contributed by atoms with Crippen LogP contribution >= 0.6 is 11.6 Å². The maximum atomic E-state index is 10.8. The number of hydrogen-bond donors (Lipinski definition) is 2. The molecule has 0 saturated carbocycles. The van der Waals surface area contributed by atoms with Crippen molar-refractivity contribution >= 4 is 23.1 Å². The van der Waals surface area contributed by atoms with Gasteiger partial charge in [-0.25, -0.2) is 9.97 Å². The van der Waals surface area contributed by atoms with Crippen LogP contribution in [0.25, 0.3) is 0 Å². The largest absolute Gasteiger partial charge is 0.391 e. The molecule has 0 aliphatic heterocycles. The van der Waals surface area contributed by atoms with Crippen molar-refractivity contribution in [3.8, 4) is 0 Å². The first-order chi connectivity index (χ1) is 8.56. The maximum absolute atomic E-state index is 10.8. The Kier molecular flexibility index (Phi) is 5.69. The zero-order valence-corrected chi connectivity index (χ0v) is 10.4. The van der Waals surface area contributed by atoms with Crippen LogP contribution in [0.1, 0.15) is 6.42 Å². The summed E-state index contributed by atoms with van der Waals surface area (Å²) >= 11 is 5.61. The van der Waals surface area contributed by atoms with Crippen molar-refractivity contribution in [3.05, 3.63) is 21.6 Å². The number of anilines is 1. The van der Waals surface area contributed by atoms with Gasteiger partial charge in [-0.3, -0.25) is 10.1 Å². The number of rotatable bonds is 7. The zero-order valence-electron chi connectivity index (χ0n) is 9.67. The average molecular weight is 277 g/mol. The van der Waals surface area contributed by atoms with Gasteiger partial charge in [0.2, 0.25) is 11.0 Å². The number of ether oxygens (including phenoxy) is 1. The van der Waals surface area contributed by atoms with Crippen LogP contribution in [0.4, 0.5) is 11.5 Å². The minimum absolute atomic E-state index is 0.0321. The van der Waals surface area contributed by atoms with Gasteiger partial charge < -0.3 is 15.2 Å². The fraction of sp³-hybridized carbons (Fsp3) is 0.556. The van der Waals surface area contributed by atoms with Crippen molar-refractivity contribution in [2.45, 2.75) is 12.5 Å². The first kappa shape index (κ1) is 14.6. The number of methoxy groups -OCH3 is 1. The molecule has 1 heterocycles. The summed E-state index contributed by atoms with van der Waals surface area (Å²) in [6.07, 6.45) is 0.856. The van der Waals surface area contributed by atoms with E-state index in [0.29, 0.717) is 13.0 Å². The summed E-state index contributed by atoms with van der Waals surface area (Å²) in [5.74, 6) is 0.0321. The highest BCUT2D eigenvalue weighted by Gasteiger charge is 2.21. The van der Waals surface area contributed by atoms with Crippen molar-refractivity contribution in [2.24, 2.45) is 0 Å². The third-order valence-corrected chi connectivity index (χ3v) is 2.37. The average Bonchev–Trinajstić information content (AvgIpc) is 2.28. The highest BCUT2D eigenvalue weighted by molar-refractivity contribution is 6.31. The molecule has 100 valence electrons. The normalized spacial score (nSPS) is 12.2. The van der Waals surface area contributed by atoms with Crippen LogP contribution < -0.4 is 5.32 Å². The molecule has 0 amide bonds. The van der Waals surface area contributed by atoms with Crippen molar-refractivity contribution in [1.29, 1.82) is 0 Å². The molecule has 0 radical (unpaired) electrons. The summed E-state index contributed by atoms with van der Waals surface area (Å²) in [5, 5.41) is 22.7. The molecule has 2 N–H and O–H groups in total. The van der Waals surface area contributed by atoms with Gasteiger partial charge in [0, 0.05) is 13.7 Å². The van der Waals surface area contributed by atoms with Crippen LogP contribution in [0.15, 0.2) is 6.33 Å². The Labute approximate surface area is 108 Å². The molecule has 8 nitrogen and oxygen atoms in total. The zero-order chi connectivity index (χ0) is 13.5. The van der Waals surface area contributed by atoms with Crippen LogP contribution in [0, 0.1) is 10.1 Å². The summed E-state index contributed by atoms with van der Waals surface area (Å²) in [5.41, 5.74) is -0.375. The molecule has 0 aliphatic rings. The van der Waals surface area contributed by atoms with Gasteiger partial charge in [-0.1, -0.05) is 11.6 Å². The Balaban J connectivity index is 2.62. The molecule has 0 spiro atoms. The molecule has 0 aliphatic carbocycles. The topological polar surface area (TPSA) is 110 Å². The number of aliphatic hydroxyl groups is 1. The van der Waals surface area contributed by atoms with Gasteiger partial charge >= 0.3 is 5.69 Å². The number of nitrogens with zero attached hydrogens (tertiary/aromatic N) is 3. The number of halogens is 1. The predicted octanol–water partition coefficient (Wildman–Crippen LogP) is 0.847. The van der Waals surface area contributed by atoms with E-state index < -0.39 is 11.0 Å². The molecule has 1 rings (SSSR count). The van der Waals surface area contributed by atoms with Gasteiger partial charge in [0.15, 0.2) is 0 Å². The summed E-state index contributed by atoms with van der Waals surface area (Å²) < 4.78 is 4.75.